The lowest BCUT2D eigenvalue weighted by atomic mass is 9.85. The fourth-order valence-electron chi connectivity index (χ4n) is 2.47. The van der Waals surface area contributed by atoms with Crippen LogP contribution < -0.4 is 5.32 Å². The fraction of sp³-hybridized carbons (Fsp3) is 0.500. The molecule has 1 atom stereocenters. The number of aryl methyl sites for hydroxylation is 2. The number of amides is 1. The second-order valence-electron chi connectivity index (χ2n) is 6.40. The van der Waals surface area contributed by atoms with Crippen LogP contribution in [0.5, 0.6) is 0 Å². The van der Waals surface area contributed by atoms with Crippen LogP contribution in [0.3, 0.4) is 0 Å². The lowest BCUT2D eigenvalue weighted by molar-refractivity contribution is -0.138. The summed E-state index contributed by atoms with van der Waals surface area (Å²) >= 11 is 0. The maximum atomic E-state index is 12.5. The lowest BCUT2D eigenvalue weighted by Gasteiger charge is -2.33. The van der Waals surface area contributed by atoms with Crippen molar-refractivity contribution in [2.45, 2.75) is 39.7 Å². The van der Waals surface area contributed by atoms with E-state index in [0.29, 0.717) is 11.2 Å². The summed E-state index contributed by atoms with van der Waals surface area (Å²) in [7, 11) is 1.80. The Morgan fingerprint density at radius 1 is 1.43 bits per heavy atom. The van der Waals surface area contributed by atoms with Gasteiger partial charge in [-0.2, -0.15) is 5.10 Å². The van der Waals surface area contributed by atoms with E-state index in [9.17, 15) is 9.59 Å². The molecule has 2 N–H and O–H groups in total. The molecule has 1 unspecified atom stereocenters. The number of carboxylic acid groups (broad SMARTS) is 1. The average molecular weight is 318 g/mol. The van der Waals surface area contributed by atoms with Gasteiger partial charge in [0, 0.05) is 18.6 Å². The Labute approximate surface area is 134 Å². The van der Waals surface area contributed by atoms with E-state index >= 15 is 0 Å². The third-order valence-corrected chi connectivity index (χ3v) is 4.32. The zero-order chi connectivity index (χ0) is 17.4. The molecule has 1 amide bonds. The Morgan fingerprint density at radius 2 is 2.09 bits per heavy atom. The van der Waals surface area contributed by atoms with Crippen molar-refractivity contribution in [2.24, 2.45) is 13.0 Å². The van der Waals surface area contributed by atoms with E-state index in [4.69, 9.17) is 5.11 Å². The standard InChI is InChI=1S/C16H22N4O3/c1-9(2)16(4,7-13(21)22)18-15(23)11-6-12-10(3)19-20(5)14(12)17-8-11/h6,8-9H,7H2,1-5H3,(H,18,23)(H,21,22). The topological polar surface area (TPSA) is 97.1 Å². The SMILES string of the molecule is Cc1nn(C)c2ncc(C(=O)NC(C)(CC(=O)O)C(C)C)cc12. The maximum absolute atomic E-state index is 12.5. The highest BCUT2D eigenvalue weighted by molar-refractivity contribution is 5.97. The normalized spacial score (nSPS) is 14.0. The van der Waals surface area contributed by atoms with Gasteiger partial charge < -0.3 is 10.4 Å². The van der Waals surface area contributed by atoms with Crippen LogP contribution >= 0.6 is 0 Å². The molecule has 0 aliphatic rings. The lowest BCUT2D eigenvalue weighted by Crippen LogP contribution is -2.51. The largest absolute Gasteiger partial charge is 0.481 e. The zero-order valence-electron chi connectivity index (χ0n) is 14.0. The van der Waals surface area contributed by atoms with Crippen molar-refractivity contribution >= 4 is 22.9 Å². The Bertz CT molecular complexity index is 766. The summed E-state index contributed by atoms with van der Waals surface area (Å²) in [5, 5.41) is 17.0. The molecular formula is C16H22N4O3. The maximum Gasteiger partial charge on any atom is 0.305 e. The Hall–Kier alpha value is -2.44. The molecule has 2 rings (SSSR count). The number of pyridine rings is 1. The van der Waals surface area contributed by atoms with E-state index in [1.807, 2.05) is 20.8 Å². The predicted molar refractivity (Wildman–Crippen MR) is 86.2 cm³/mol. The first-order chi connectivity index (χ1) is 10.6. The van der Waals surface area contributed by atoms with E-state index in [2.05, 4.69) is 15.4 Å². The molecule has 0 radical (unpaired) electrons. The van der Waals surface area contributed by atoms with Crippen LogP contribution in [0.2, 0.25) is 0 Å². The Morgan fingerprint density at radius 3 is 2.65 bits per heavy atom. The molecule has 0 aromatic carbocycles. The van der Waals surface area contributed by atoms with Crippen molar-refractivity contribution in [3.63, 3.8) is 0 Å². The molecule has 0 bridgehead atoms. The molecule has 0 saturated carbocycles. The van der Waals surface area contributed by atoms with Crippen LogP contribution in [0.15, 0.2) is 12.3 Å². The Kier molecular flexibility index (Phi) is 4.40. The van der Waals surface area contributed by atoms with Gasteiger partial charge in [0.05, 0.1) is 23.2 Å². The summed E-state index contributed by atoms with van der Waals surface area (Å²) in [6, 6.07) is 1.74. The van der Waals surface area contributed by atoms with E-state index in [1.54, 1.807) is 24.7 Å². The number of rotatable bonds is 5. The molecule has 0 aliphatic carbocycles. The van der Waals surface area contributed by atoms with E-state index < -0.39 is 11.5 Å². The van der Waals surface area contributed by atoms with Crippen LogP contribution in [0.1, 0.15) is 43.2 Å². The van der Waals surface area contributed by atoms with Crippen molar-refractivity contribution in [2.75, 3.05) is 0 Å². The number of carboxylic acids is 1. The van der Waals surface area contributed by atoms with Gasteiger partial charge in [0.25, 0.3) is 5.91 Å². The van der Waals surface area contributed by atoms with Crippen molar-refractivity contribution in [1.82, 2.24) is 20.1 Å². The molecule has 2 aromatic rings. The first-order valence-corrected chi connectivity index (χ1v) is 7.47. The number of aromatic nitrogens is 3. The minimum Gasteiger partial charge on any atom is -0.481 e. The Balaban J connectivity index is 2.32. The molecule has 0 saturated heterocycles. The first-order valence-electron chi connectivity index (χ1n) is 7.47. The number of nitrogens with one attached hydrogen (secondary N) is 1. The van der Waals surface area contributed by atoms with Crippen molar-refractivity contribution in [3.05, 3.63) is 23.5 Å². The molecule has 7 nitrogen and oxygen atoms in total. The van der Waals surface area contributed by atoms with Crippen molar-refractivity contribution in [1.29, 1.82) is 0 Å². The average Bonchev–Trinajstić information content (AvgIpc) is 2.72. The van der Waals surface area contributed by atoms with Crippen LogP contribution in [0.4, 0.5) is 0 Å². The summed E-state index contributed by atoms with van der Waals surface area (Å²) in [4.78, 5) is 27.9. The number of hydrogen-bond donors (Lipinski definition) is 2. The van der Waals surface area contributed by atoms with Gasteiger partial charge in [-0.1, -0.05) is 13.8 Å². The van der Waals surface area contributed by atoms with Crippen LogP contribution in [-0.2, 0) is 11.8 Å². The molecule has 7 heteroatoms. The second kappa shape index (κ2) is 5.98. The molecule has 2 aromatic heterocycles. The van der Waals surface area contributed by atoms with Gasteiger partial charge in [-0.25, -0.2) is 4.98 Å². The molecular weight excluding hydrogens is 296 g/mol. The number of fused-ring (bicyclic) bond motifs is 1. The van der Waals surface area contributed by atoms with Gasteiger partial charge in [-0.3, -0.25) is 14.3 Å². The highest BCUT2D eigenvalue weighted by atomic mass is 16.4. The van der Waals surface area contributed by atoms with Crippen LogP contribution in [0.25, 0.3) is 11.0 Å². The molecule has 0 fully saturated rings. The predicted octanol–water partition coefficient (Wildman–Crippen LogP) is 1.90. The minimum atomic E-state index is -0.946. The van der Waals surface area contributed by atoms with E-state index in [1.165, 1.54) is 6.20 Å². The summed E-state index contributed by atoms with van der Waals surface area (Å²) in [6.07, 6.45) is 1.35. The third-order valence-electron chi connectivity index (χ3n) is 4.32. The number of carbonyl (C=O) groups excluding carboxylic acids is 1. The van der Waals surface area contributed by atoms with E-state index in [0.717, 1.165) is 11.1 Å². The minimum absolute atomic E-state index is 0.0284. The zero-order valence-corrected chi connectivity index (χ0v) is 14.0. The molecule has 2 heterocycles. The highest BCUT2D eigenvalue weighted by Crippen LogP contribution is 2.22. The summed E-state index contributed by atoms with van der Waals surface area (Å²) in [5.74, 6) is -1.31. The van der Waals surface area contributed by atoms with E-state index in [-0.39, 0.29) is 18.2 Å². The third kappa shape index (κ3) is 3.33. The monoisotopic (exact) mass is 318 g/mol. The molecule has 124 valence electrons. The number of hydrogen-bond acceptors (Lipinski definition) is 4. The van der Waals surface area contributed by atoms with Crippen LogP contribution in [0, 0.1) is 12.8 Å². The number of carbonyl (C=O) groups is 2. The quantitative estimate of drug-likeness (QED) is 0.877. The molecule has 0 aliphatic heterocycles. The number of nitrogens with zero attached hydrogens (tertiary/aromatic N) is 3. The van der Waals surface area contributed by atoms with Gasteiger partial charge >= 0.3 is 5.97 Å². The van der Waals surface area contributed by atoms with Gasteiger partial charge in [-0.15, -0.1) is 0 Å². The highest BCUT2D eigenvalue weighted by Gasteiger charge is 2.33. The summed E-state index contributed by atoms with van der Waals surface area (Å²) < 4.78 is 1.66. The van der Waals surface area contributed by atoms with Crippen molar-refractivity contribution < 1.29 is 14.7 Å². The summed E-state index contributed by atoms with van der Waals surface area (Å²) in [5.41, 5.74) is 1.06. The van der Waals surface area contributed by atoms with Gasteiger partial charge in [0.1, 0.15) is 0 Å². The first kappa shape index (κ1) is 16.9. The van der Waals surface area contributed by atoms with Gasteiger partial charge in [0.2, 0.25) is 0 Å². The fourth-order valence-corrected chi connectivity index (χ4v) is 2.47. The van der Waals surface area contributed by atoms with Gasteiger partial charge in [-0.05, 0) is 25.8 Å². The van der Waals surface area contributed by atoms with Gasteiger partial charge in [0.15, 0.2) is 5.65 Å². The number of aliphatic carboxylic acids is 1. The van der Waals surface area contributed by atoms with Crippen LogP contribution in [-0.4, -0.2) is 37.3 Å². The van der Waals surface area contributed by atoms with Crippen molar-refractivity contribution in [3.8, 4) is 0 Å². The second-order valence-corrected chi connectivity index (χ2v) is 6.40. The summed E-state index contributed by atoms with van der Waals surface area (Å²) in [6.45, 7) is 7.37. The molecule has 23 heavy (non-hydrogen) atoms. The molecule has 0 spiro atoms. The smallest absolute Gasteiger partial charge is 0.305 e.